The van der Waals surface area contributed by atoms with Crippen LogP contribution in [-0.2, 0) is 14.3 Å². The molecule has 2 saturated heterocycles. The molecule has 2 fully saturated rings. The van der Waals surface area contributed by atoms with Crippen LogP contribution in [0.5, 0.6) is 0 Å². The summed E-state index contributed by atoms with van der Waals surface area (Å²) in [5.74, 6) is 0.0924. The van der Waals surface area contributed by atoms with Gasteiger partial charge in [0.25, 0.3) is 0 Å². The van der Waals surface area contributed by atoms with Gasteiger partial charge in [0.1, 0.15) is 0 Å². The van der Waals surface area contributed by atoms with E-state index in [0.29, 0.717) is 25.2 Å². The Morgan fingerprint density at radius 3 is 2.85 bits per heavy atom. The van der Waals surface area contributed by atoms with Gasteiger partial charge >= 0.3 is 0 Å². The van der Waals surface area contributed by atoms with E-state index in [2.05, 4.69) is 10.6 Å². The predicted octanol–water partition coefficient (Wildman–Crippen LogP) is 1.22. The number of ether oxygens (including phenoxy) is 2. The molecular formula is C15H28N2O3. The lowest BCUT2D eigenvalue weighted by Crippen LogP contribution is -2.34. The number of hydrogen-bond acceptors (Lipinski definition) is 4. The van der Waals surface area contributed by atoms with E-state index in [0.717, 1.165) is 51.9 Å². The second-order valence-corrected chi connectivity index (χ2v) is 5.70. The van der Waals surface area contributed by atoms with Crippen LogP contribution in [0.4, 0.5) is 0 Å². The predicted molar refractivity (Wildman–Crippen MR) is 77.7 cm³/mol. The third-order valence-corrected chi connectivity index (χ3v) is 4.03. The monoisotopic (exact) mass is 284 g/mol. The maximum absolute atomic E-state index is 11.7. The van der Waals surface area contributed by atoms with Crippen molar-refractivity contribution >= 4 is 5.91 Å². The van der Waals surface area contributed by atoms with Crippen molar-refractivity contribution in [1.82, 2.24) is 10.6 Å². The molecule has 5 heteroatoms. The molecule has 0 aromatic heterocycles. The van der Waals surface area contributed by atoms with E-state index in [1.165, 1.54) is 12.8 Å². The molecule has 1 atom stereocenters. The fourth-order valence-electron chi connectivity index (χ4n) is 2.78. The Kier molecular flexibility index (Phi) is 7.33. The lowest BCUT2D eigenvalue weighted by Gasteiger charge is -2.23. The second kappa shape index (κ2) is 9.32. The maximum Gasteiger partial charge on any atom is 0.222 e. The number of amides is 1. The van der Waals surface area contributed by atoms with E-state index in [-0.39, 0.29) is 5.91 Å². The average Bonchev–Trinajstić information content (AvgIpc) is 2.49. The Labute approximate surface area is 121 Å². The van der Waals surface area contributed by atoms with Gasteiger partial charge in [0.2, 0.25) is 5.91 Å². The van der Waals surface area contributed by atoms with Gasteiger partial charge in [-0.25, -0.2) is 0 Å². The van der Waals surface area contributed by atoms with Crippen molar-refractivity contribution in [2.75, 3.05) is 32.8 Å². The Morgan fingerprint density at radius 2 is 2.10 bits per heavy atom. The fourth-order valence-corrected chi connectivity index (χ4v) is 2.78. The standard InChI is InChI=1S/C15H28N2O3/c18-15(7-12-20-14-4-8-16-9-5-14)17-10-6-13-3-1-2-11-19-13/h13-14,16H,1-12H2,(H,17,18). The van der Waals surface area contributed by atoms with Gasteiger partial charge in [0, 0.05) is 19.6 Å². The maximum atomic E-state index is 11.7. The summed E-state index contributed by atoms with van der Waals surface area (Å²) in [6.07, 6.45) is 7.75. The molecule has 0 aromatic rings. The highest BCUT2D eigenvalue weighted by atomic mass is 16.5. The summed E-state index contributed by atoms with van der Waals surface area (Å²) in [6.45, 7) is 4.19. The summed E-state index contributed by atoms with van der Waals surface area (Å²) >= 11 is 0. The molecular weight excluding hydrogens is 256 g/mol. The third-order valence-electron chi connectivity index (χ3n) is 4.03. The zero-order chi connectivity index (χ0) is 14.0. The number of piperidine rings is 1. The van der Waals surface area contributed by atoms with Gasteiger partial charge in [-0.05, 0) is 51.6 Å². The first-order chi connectivity index (χ1) is 9.84. The largest absolute Gasteiger partial charge is 0.378 e. The lowest BCUT2D eigenvalue weighted by molar-refractivity contribution is -0.122. The molecule has 5 nitrogen and oxygen atoms in total. The van der Waals surface area contributed by atoms with Gasteiger partial charge in [0.05, 0.1) is 18.8 Å². The minimum absolute atomic E-state index is 0.0924. The van der Waals surface area contributed by atoms with E-state index in [1.54, 1.807) is 0 Å². The van der Waals surface area contributed by atoms with Gasteiger partial charge in [-0.3, -0.25) is 4.79 Å². The van der Waals surface area contributed by atoms with Crippen LogP contribution in [0.3, 0.4) is 0 Å². The topological polar surface area (TPSA) is 59.6 Å². The average molecular weight is 284 g/mol. The van der Waals surface area contributed by atoms with Gasteiger partial charge < -0.3 is 20.1 Å². The molecule has 2 aliphatic rings. The summed E-state index contributed by atoms with van der Waals surface area (Å²) in [7, 11) is 0. The molecule has 1 amide bonds. The molecule has 116 valence electrons. The number of carbonyl (C=O) groups excluding carboxylic acids is 1. The molecule has 1 unspecified atom stereocenters. The Balaban J connectivity index is 1.45. The van der Waals surface area contributed by atoms with E-state index in [1.807, 2.05) is 0 Å². The van der Waals surface area contributed by atoms with Crippen molar-refractivity contribution in [3.63, 3.8) is 0 Å². The highest BCUT2D eigenvalue weighted by Gasteiger charge is 2.15. The number of nitrogens with one attached hydrogen (secondary N) is 2. The van der Waals surface area contributed by atoms with E-state index >= 15 is 0 Å². The van der Waals surface area contributed by atoms with Crippen LogP contribution in [0.25, 0.3) is 0 Å². The van der Waals surface area contributed by atoms with Gasteiger partial charge in [0.15, 0.2) is 0 Å². The smallest absolute Gasteiger partial charge is 0.222 e. The molecule has 2 rings (SSSR count). The van der Waals surface area contributed by atoms with Gasteiger partial charge in [-0.1, -0.05) is 0 Å². The van der Waals surface area contributed by atoms with Crippen molar-refractivity contribution in [3.8, 4) is 0 Å². The van der Waals surface area contributed by atoms with Crippen LogP contribution in [-0.4, -0.2) is 51.0 Å². The zero-order valence-corrected chi connectivity index (χ0v) is 12.4. The van der Waals surface area contributed by atoms with Crippen LogP contribution >= 0.6 is 0 Å². The Hall–Kier alpha value is -0.650. The van der Waals surface area contributed by atoms with Crippen LogP contribution in [0, 0.1) is 0 Å². The quantitative estimate of drug-likeness (QED) is 0.738. The number of carbonyl (C=O) groups is 1. The number of rotatable bonds is 7. The lowest BCUT2D eigenvalue weighted by atomic mass is 10.1. The van der Waals surface area contributed by atoms with Crippen molar-refractivity contribution in [1.29, 1.82) is 0 Å². The third kappa shape index (κ3) is 6.20. The first kappa shape index (κ1) is 15.7. The minimum Gasteiger partial charge on any atom is -0.378 e. The van der Waals surface area contributed by atoms with Crippen LogP contribution < -0.4 is 10.6 Å². The van der Waals surface area contributed by atoms with E-state index < -0.39 is 0 Å². The molecule has 0 aliphatic carbocycles. The summed E-state index contributed by atoms with van der Waals surface area (Å²) in [5.41, 5.74) is 0. The van der Waals surface area contributed by atoms with E-state index in [9.17, 15) is 4.79 Å². The second-order valence-electron chi connectivity index (χ2n) is 5.70. The summed E-state index contributed by atoms with van der Waals surface area (Å²) in [4.78, 5) is 11.7. The first-order valence-electron chi connectivity index (χ1n) is 8.05. The zero-order valence-electron chi connectivity index (χ0n) is 12.4. The molecule has 0 radical (unpaired) electrons. The molecule has 20 heavy (non-hydrogen) atoms. The van der Waals surface area contributed by atoms with Crippen molar-refractivity contribution < 1.29 is 14.3 Å². The van der Waals surface area contributed by atoms with E-state index in [4.69, 9.17) is 9.47 Å². The number of hydrogen-bond donors (Lipinski definition) is 2. The Morgan fingerprint density at radius 1 is 1.25 bits per heavy atom. The van der Waals surface area contributed by atoms with Crippen LogP contribution in [0.1, 0.15) is 44.9 Å². The molecule has 2 heterocycles. The molecule has 0 saturated carbocycles. The summed E-state index contributed by atoms with van der Waals surface area (Å²) in [6, 6.07) is 0. The summed E-state index contributed by atoms with van der Waals surface area (Å²) < 4.78 is 11.4. The van der Waals surface area contributed by atoms with Gasteiger partial charge in [-0.15, -0.1) is 0 Å². The summed E-state index contributed by atoms with van der Waals surface area (Å²) in [5, 5.41) is 6.26. The van der Waals surface area contributed by atoms with Crippen LogP contribution in [0.2, 0.25) is 0 Å². The highest BCUT2D eigenvalue weighted by Crippen LogP contribution is 2.14. The van der Waals surface area contributed by atoms with Gasteiger partial charge in [-0.2, -0.15) is 0 Å². The van der Waals surface area contributed by atoms with Crippen molar-refractivity contribution in [2.24, 2.45) is 0 Å². The molecule has 2 aliphatic heterocycles. The van der Waals surface area contributed by atoms with Crippen molar-refractivity contribution in [2.45, 2.75) is 57.2 Å². The normalized spacial score (nSPS) is 24.5. The fraction of sp³-hybridized carbons (Fsp3) is 0.933. The van der Waals surface area contributed by atoms with Crippen molar-refractivity contribution in [3.05, 3.63) is 0 Å². The minimum atomic E-state index is 0.0924. The Bertz CT molecular complexity index is 248. The first-order valence-corrected chi connectivity index (χ1v) is 8.05. The SMILES string of the molecule is O=C(CCOC1CCNCC1)NCCC1CCCCO1. The molecule has 0 spiro atoms. The molecule has 0 aromatic carbocycles. The molecule has 0 bridgehead atoms. The molecule has 2 N–H and O–H groups in total. The van der Waals surface area contributed by atoms with Crippen LogP contribution in [0.15, 0.2) is 0 Å². The highest BCUT2D eigenvalue weighted by molar-refractivity contribution is 5.75.